The van der Waals surface area contributed by atoms with Gasteiger partial charge < -0.3 is 33.0 Å². The predicted octanol–water partition coefficient (Wildman–Crippen LogP) is 5.39. The quantitative estimate of drug-likeness (QED) is 0.0530. The van der Waals surface area contributed by atoms with Gasteiger partial charge in [0.15, 0.2) is 6.10 Å². The van der Waals surface area contributed by atoms with Crippen LogP contribution in [0.3, 0.4) is 0 Å². The second kappa shape index (κ2) is 24.0. The fraction of sp³-hybridized carbons (Fsp3) is 0.897. The zero-order chi connectivity index (χ0) is 31.0. The number of likely N-dealkylation sites (N-methyl/N-ethyl adjacent to an activating group) is 1. The van der Waals surface area contributed by atoms with Crippen molar-refractivity contribution >= 4 is 25.7 Å². The molecule has 1 N–H and O–H groups in total. The predicted molar refractivity (Wildman–Crippen MR) is 155 cm³/mol. The van der Waals surface area contributed by atoms with E-state index in [9.17, 15) is 23.8 Å². The van der Waals surface area contributed by atoms with Crippen LogP contribution in [0, 0.1) is 0 Å². The number of esters is 2. The van der Waals surface area contributed by atoms with Crippen LogP contribution in [0.5, 0.6) is 0 Å². The van der Waals surface area contributed by atoms with Gasteiger partial charge in [-0.05, 0) is 19.3 Å². The van der Waals surface area contributed by atoms with Crippen LogP contribution in [0.25, 0.3) is 0 Å². The van der Waals surface area contributed by atoms with Crippen LogP contribution in [0.4, 0.5) is 0 Å². The van der Waals surface area contributed by atoms with E-state index < -0.39 is 31.8 Å². The van der Waals surface area contributed by atoms with Gasteiger partial charge in [0.25, 0.3) is 7.82 Å². The first-order valence-corrected chi connectivity index (χ1v) is 16.8. The lowest BCUT2D eigenvalue weighted by atomic mass is 10.0. The van der Waals surface area contributed by atoms with Crippen LogP contribution in [0.15, 0.2) is 0 Å². The number of phosphoric acid groups is 1. The molecule has 0 heterocycles. The Kier molecular flexibility index (Phi) is 23.1. The smallest absolute Gasteiger partial charge is 0.347 e. The molecule has 0 aliphatic rings. The average molecular weight is 610 g/mol. The minimum atomic E-state index is -4.45. The Morgan fingerprint density at radius 2 is 1.29 bits per heavy atom. The highest BCUT2D eigenvalue weighted by Gasteiger charge is 2.24. The van der Waals surface area contributed by atoms with E-state index in [1.165, 1.54) is 51.4 Å². The first-order valence-electron chi connectivity index (χ1n) is 15.3. The summed E-state index contributed by atoms with van der Waals surface area (Å²) in [4.78, 5) is 47.3. The van der Waals surface area contributed by atoms with Crippen LogP contribution in [0.2, 0.25) is 0 Å². The Morgan fingerprint density at radius 3 is 1.83 bits per heavy atom. The number of rotatable bonds is 28. The van der Waals surface area contributed by atoms with Crippen LogP contribution >= 0.6 is 7.82 Å². The van der Waals surface area contributed by atoms with E-state index in [1.54, 1.807) is 0 Å². The number of carboxylic acids is 1. The SMILES string of the molecule is CCCCCCCCCCCCCCC(OC(=O)CCCC(=O)O)C(=O)OCCCOP(=O)([O-])OCC[N+](C)(C)C. The summed E-state index contributed by atoms with van der Waals surface area (Å²) < 4.78 is 32.6. The number of unbranched alkanes of at least 4 members (excludes halogenated alkanes) is 11. The average Bonchev–Trinajstić information content (AvgIpc) is 2.87. The molecular weight excluding hydrogens is 553 g/mol. The number of phosphoric ester groups is 1. The molecule has 242 valence electrons. The number of carbonyl (C=O) groups excluding carboxylic acids is 2. The lowest BCUT2D eigenvalue weighted by Gasteiger charge is -2.27. The van der Waals surface area contributed by atoms with E-state index in [2.05, 4.69) is 6.92 Å². The van der Waals surface area contributed by atoms with Crippen LogP contribution in [-0.4, -0.2) is 81.1 Å². The summed E-state index contributed by atoms with van der Waals surface area (Å²) in [5, 5.41) is 8.76. The zero-order valence-corrected chi connectivity index (χ0v) is 26.8. The van der Waals surface area contributed by atoms with Crippen LogP contribution in [-0.2, 0) is 37.5 Å². The molecule has 0 aromatic carbocycles. The van der Waals surface area contributed by atoms with E-state index in [0.29, 0.717) is 23.9 Å². The summed E-state index contributed by atoms with van der Waals surface area (Å²) in [6.45, 7) is 2.39. The molecule has 0 fully saturated rings. The third-order valence-corrected chi connectivity index (χ3v) is 7.42. The van der Waals surface area contributed by atoms with Crippen molar-refractivity contribution < 1.29 is 52.0 Å². The topological polar surface area (TPSA) is 148 Å². The summed E-state index contributed by atoms with van der Waals surface area (Å²) in [5.74, 6) is -2.35. The van der Waals surface area contributed by atoms with E-state index in [4.69, 9.17) is 23.6 Å². The molecule has 0 saturated heterocycles. The second-order valence-electron chi connectivity index (χ2n) is 11.6. The molecule has 41 heavy (non-hydrogen) atoms. The first kappa shape index (κ1) is 39.5. The van der Waals surface area contributed by atoms with Crippen molar-refractivity contribution in [3.63, 3.8) is 0 Å². The van der Waals surface area contributed by atoms with Crippen LogP contribution < -0.4 is 4.89 Å². The number of nitrogens with zero attached hydrogens (tertiary/aromatic N) is 1. The van der Waals surface area contributed by atoms with Gasteiger partial charge in [0.1, 0.15) is 13.2 Å². The molecule has 0 bridgehead atoms. The summed E-state index contributed by atoms with van der Waals surface area (Å²) in [6, 6.07) is 0. The highest BCUT2D eigenvalue weighted by Crippen LogP contribution is 2.38. The van der Waals surface area contributed by atoms with Crippen molar-refractivity contribution in [2.24, 2.45) is 0 Å². The van der Waals surface area contributed by atoms with Crippen LogP contribution in [0.1, 0.15) is 116 Å². The summed E-state index contributed by atoms with van der Waals surface area (Å²) in [5.41, 5.74) is 0. The monoisotopic (exact) mass is 609 g/mol. The van der Waals surface area contributed by atoms with E-state index in [1.807, 2.05) is 21.1 Å². The number of carboxylic acid groups (broad SMARTS) is 1. The molecule has 0 rings (SSSR count). The molecule has 0 amide bonds. The third-order valence-electron chi connectivity index (χ3n) is 6.42. The molecule has 12 heteroatoms. The molecule has 0 aliphatic heterocycles. The van der Waals surface area contributed by atoms with Crippen molar-refractivity contribution in [3.8, 4) is 0 Å². The number of quaternary nitrogens is 1. The summed E-state index contributed by atoms with van der Waals surface area (Å²) in [7, 11) is 1.28. The molecular formula is C29H56NO10P. The Morgan fingerprint density at radius 1 is 0.756 bits per heavy atom. The zero-order valence-electron chi connectivity index (χ0n) is 25.9. The number of hydrogen-bond donors (Lipinski definition) is 1. The van der Waals surface area contributed by atoms with Gasteiger partial charge in [-0.1, -0.05) is 77.6 Å². The second-order valence-corrected chi connectivity index (χ2v) is 13.0. The van der Waals surface area contributed by atoms with Gasteiger partial charge in [-0.2, -0.15) is 0 Å². The minimum Gasteiger partial charge on any atom is -0.756 e. The molecule has 0 aromatic rings. The van der Waals surface area contributed by atoms with Gasteiger partial charge in [0.2, 0.25) is 0 Å². The maximum Gasteiger partial charge on any atom is 0.347 e. The molecule has 2 atom stereocenters. The van der Waals surface area contributed by atoms with Gasteiger partial charge in [-0.25, -0.2) is 4.79 Å². The van der Waals surface area contributed by atoms with Crippen molar-refractivity contribution in [3.05, 3.63) is 0 Å². The van der Waals surface area contributed by atoms with Crippen molar-refractivity contribution in [1.82, 2.24) is 0 Å². The standard InChI is InChI=1S/C29H56NO10P/c1-5-6-7-8-9-10-11-12-13-14-15-16-19-26(40-28(33)21-17-20-27(31)32)29(34)37-23-18-24-38-41(35,36)39-25-22-30(2,3)4/h26H,5-25H2,1-4H3,(H-,31,32,35,36). The number of ether oxygens (including phenoxy) is 2. The Bertz CT molecular complexity index is 756. The highest BCUT2D eigenvalue weighted by molar-refractivity contribution is 7.45. The lowest BCUT2D eigenvalue weighted by Crippen LogP contribution is -2.37. The Labute approximate surface area is 247 Å². The molecule has 0 radical (unpaired) electrons. The number of aliphatic carboxylic acids is 1. The number of hydrogen-bond acceptors (Lipinski definition) is 9. The van der Waals surface area contributed by atoms with E-state index in [-0.39, 0.29) is 45.5 Å². The fourth-order valence-corrected chi connectivity index (χ4v) is 4.69. The minimum absolute atomic E-state index is 0.00208. The van der Waals surface area contributed by atoms with Crippen molar-refractivity contribution in [1.29, 1.82) is 0 Å². The first-order chi connectivity index (χ1) is 19.4. The highest BCUT2D eigenvalue weighted by atomic mass is 31.2. The molecule has 0 aromatic heterocycles. The van der Waals surface area contributed by atoms with Crippen molar-refractivity contribution in [2.75, 3.05) is 47.5 Å². The van der Waals surface area contributed by atoms with Gasteiger partial charge in [-0.3, -0.25) is 14.2 Å². The third kappa shape index (κ3) is 27.1. The van der Waals surface area contributed by atoms with Gasteiger partial charge in [0, 0.05) is 19.3 Å². The fourth-order valence-electron chi connectivity index (χ4n) is 3.96. The maximum atomic E-state index is 12.6. The number of carbonyl (C=O) groups is 3. The van der Waals surface area contributed by atoms with E-state index in [0.717, 1.165) is 19.3 Å². The lowest BCUT2D eigenvalue weighted by molar-refractivity contribution is -0.870. The largest absolute Gasteiger partial charge is 0.756 e. The normalized spacial score (nSPS) is 13.9. The van der Waals surface area contributed by atoms with Crippen molar-refractivity contribution in [2.45, 2.75) is 122 Å². The molecule has 0 saturated carbocycles. The Balaban J connectivity index is 4.39. The summed E-state index contributed by atoms with van der Waals surface area (Å²) >= 11 is 0. The summed E-state index contributed by atoms with van der Waals surface area (Å²) in [6.07, 6.45) is 13.2. The van der Waals surface area contributed by atoms with Gasteiger partial charge >= 0.3 is 17.9 Å². The molecule has 2 unspecified atom stereocenters. The molecule has 0 spiro atoms. The molecule has 0 aliphatic carbocycles. The maximum absolute atomic E-state index is 12.6. The van der Waals surface area contributed by atoms with Gasteiger partial charge in [-0.15, -0.1) is 0 Å². The van der Waals surface area contributed by atoms with Gasteiger partial charge in [0.05, 0.1) is 34.4 Å². The molecule has 11 nitrogen and oxygen atoms in total. The Hall–Kier alpha value is -1.52. The van der Waals surface area contributed by atoms with E-state index >= 15 is 0 Å².